The number of benzene rings is 2. The highest BCUT2D eigenvalue weighted by Gasteiger charge is 2.16. The number of hydrogen-bond acceptors (Lipinski definition) is 3. The van der Waals surface area contributed by atoms with Crippen LogP contribution in [0.3, 0.4) is 0 Å². The number of hydrogen-bond donors (Lipinski definition) is 1. The van der Waals surface area contributed by atoms with Gasteiger partial charge in [-0.05, 0) is 62.7 Å². The van der Waals surface area contributed by atoms with Crippen LogP contribution in [0.25, 0.3) is 0 Å². The van der Waals surface area contributed by atoms with Gasteiger partial charge in [0.05, 0.1) is 0 Å². The summed E-state index contributed by atoms with van der Waals surface area (Å²) in [6, 6.07) is 15.1. The van der Waals surface area contributed by atoms with E-state index in [1.165, 1.54) is 0 Å². The Morgan fingerprint density at radius 3 is 2.22 bits per heavy atom. The van der Waals surface area contributed by atoms with E-state index in [9.17, 15) is 4.79 Å². The minimum atomic E-state index is -0.511. The van der Waals surface area contributed by atoms with Gasteiger partial charge in [0, 0.05) is 10.2 Å². The molecule has 4 nitrogen and oxygen atoms in total. The molecule has 5 heteroatoms. The first-order valence-electron chi connectivity index (χ1n) is 7.29. The van der Waals surface area contributed by atoms with E-state index in [0.717, 1.165) is 15.8 Å². The average Bonchev–Trinajstić information content (AvgIpc) is 2.46. The highest BCUT2D eigenvalue weighted by Crippen LogP contribution is 2.18. The van der Waals surface area contributed by atoms with E-state index in [-0.39, 0.29) is 0 Å². The van der Waals surface area contributed by atoms with E-state index in [1.54, 1.807) is 0 Å². The van der Waals surface area contributed by atoms with Crippen molar-refractivity contribution in [2.75, 3.05) is 5.32 Å². The average molecular weight is 378 g/mol. The van der Waals surface area contributed by atoms with Gasteiger partial charge in [-0.1, -0.05) is 28.1 Å². The van der Waals surface area contributed by atoms with Gasteiger partial charge in [-0.2, -0.15) is 0 Å². The van der Waals surface area contributed by atoms with Gasteiger partial charge in [0.2, 0.25) is 0 Å². The number of carbonyl (C=O) groups is 1. The fraction of sp³-hybridized carbons (Fsp3) is 0.278. The third kappa shape index (κ3) is 6.32. The molecular formula is C18H20BrNO3. The predicted octanol–water partition coefficient (Wildman–Crippen LogP) is 5.38. The summed E-state index contributed by atoms with van der Waals surface area (Å²) in [5.74, 6) is 0.809. The maximum absolute atomic E-state index is 11.7. The molecule has 1 N–H and O–H groups in total. The van der Waals surface area contributed by atoms with Crippen molar-refractivity contribution in [1.29, 1.82) is 0 Å². The molecule has 122 valence electrons. The lowest BCUT2D eigenvalue weighted by molar-refractivity contribution is 0.0636. The highest BCUT2D eigenvalue weighted by molar-refractivity contribution is 9.10. The SMILES string of the molecule is CC(C)(C)OC(=O)Nc1ccc(COc2ccc(Br)cc2)cc1. The molecule has 0 saturated heterocycles. The van der Waals surface area contributed by atoms with Gasteiger partial charge < -0.3 is 9.47 Å². The molecule has 0 aliphatic heterocycles. The molecule has 0 aliphatic carbocycles. The van der Waals surface area contributed by atoms with Crippen molar-refractivity contribution in [2.24, 2.45) is 0 Å². The Balaban J connectivity index is 1.87. The summed E-state index contributed by atoms with van der Waals surface area (Å²) in [5.41, 5.74) is 1.19. The van der Waals surface area contributed by atoms with Crippen LogP contribution >= 0.6 is 15.9 Å². The molecule has 2 rings (SSSR count). The molecule has 0 aliphatic rings. The van der Waals surface area contributed by atoms with E-state index >= 15 is 0 Å². The molecule has 0 fully saturated rings. The standard InChI is InChI=1S/C18H20BrNO3/c1-18(2,3)23-17(21)20-15-8-4-13(5-9-15)12-22-16-10-6-14(19)7-11-16/h4-11H,12H2,1-3H3,(H,20,21). The molecule has 0 saturated carbocycles. The number of anilines is 1. The first kappa shape index (κ1) is 17.3. The van der Waals surface area contributed by atoms with Crippen LogP contribution in [0.15, 0.2) is 53.0 Å². The van der Waals surface area contributed by atoms with Crippen LogP contribution in [-0.4, -0.2) is 11.7 Å². The van der Waals surface area contributed by atoms with Crippen LogP contribution in [0.4, 0.5) is 10.5 Å². The van der Waals surface area contributed by atoms with Gasteiger partial charge in [-0.25, -0.2) is 4.79 Å². The lowest BCUT2D eigenvalue weighted by Crippen LogP contribution is -2.27. The van der Waals surface area contributed by atoms with Crippen molar-refractivity contribution >= 4 is 27.7 Å². The summed E-state index contributed by atoms with van der Waals surface area (Å²) in [7, 11) is 0. The molecule has 0 heterocycles. The topological polar surface area (TPSA) is 47.6 Å². The van der Waals surface area contributed by atoms with Gasteiger partial charge in [0.25, 0.3) is 0 Å². The molecule has 0 radical (unpaired) electrons. The minimum Gasteiger partial charge on any atom is -0.489 e. The first-order valence-corrected chi connectivity index (χ1v) is 8.08. The Bertz CT molecular complexity index is 645. The largest absolute Gasteiger partial charge is 0.489 e. The third-order valence-corrected chi connectivity index (χ3v) is 3.35. The Kier molecular flexibility index (Phi) is 5.66. The fourth-order valence-corrected chi connectivity index (χ4v) is 2.07. The number of nitrogens with one attached hydrogen (secondary N) is 1. The number of carbonyl (C=O) groups excluding carboxylic acids is 1. The lowest BCUT2D eigenvalue weighted by atomic mass is 10.2. The second-order valence-corrected chi connectivity index (χ2v) is 6.98. The Labute approximate surface area is 144 Å². The maximum atomic E-state index is 11.7. The second kappa shape index (κ2) is 7.51. The van der Waals surface area contributed by atoms with E-state index in [2.05, 4.69) is 21.2 Å². The van der Waals surface area contributed by atoms with Crippen LogP contribution in [0, 0.1) is 0 Å². The number of halogens is 1. The monoisotopic (exact) mass is 377 g/mol. The summed E-state index contributed by atoms with van der Waals surface area (Å²) in [6.07, 6.45) is -0.462. The van der Waals surface area contributed by atoms with E-state index in [4.69, 9.17) is 9.47 Å². The number of rotatable bonds is 4. The van der Waals surface area contributed by atoms with Gasteiger partial charge in [0.1, 0.15) is 18.0 Å². The quantitative estimate of drug-likeness (QED) is 0.778. The first-order chi connectivity index (χ1) is 10.8. The number of ether oxygens (including phenoxy) is 2. The van der Waals surface area contributed by atoms with E-state index < -0.39 is 11.7 Å². The van der Waals surface area contributed by atoms with Crippen molar-refractivity contribution in [3.63, 3.8) is 0 Å². The van der Waals surface area contributed by atoms with Crippen molar-refractivity contribution in [3.05, 3.63) is 58.6 Å². The molecule has 0 atom stereocenters. The van der Waals surface area contributed by atoms with Crippen molar-refractivity contribution in [2.45, 2.75) is 33.0 Å². The van der Waals surface area contributed by atoms with Crippen LogP contribution < -0.4 is 10.1 Å². The molecule has 1 amide bonds. The second-order valence-electron chi connectivity index (χ2n) is 6.07. The molecule has 0 unspecified atom stereocenters. The lowest BCUT2D eigenvalue weighted by Gasteiger charge is -2.19. The Morgan fingerprint density at radius 1 is 1.04 bits per heavy atom. The normalized spacial score (nSPS) is 11.0. The van der Waals surface area contributed by atoms with E-state index in [0.29, 0.717) is 12.3 Å². The minimum absolute atomic E-state index is 0.462. The van der Waals surface area contributed by atoms with Gasteiger partial charge in [-0.3, -0.25) is 5.32 Å². The number of amides is 1. The highest BCUT2D eigenvalue weighted by atomic mass is 79.9. The van der Waals surface area contributed by atoms with Gasteiger partial charge in [-0.15, -0.1) is 0 Å². The summed E-state index contributed by atoms with van der Waals surface area (Å²) in [6.45, 7) is 5.95. The van der Waals surface area contributed by atoms with Crippen LogP contribution in [0.2, 0.25) is 0 Å². The zero-order valence-electron chi connectivity index (χ0n) is 13.4. The molecule has 2 aromatic carbocycles. The van der Waals surface area contributed by atoms with Crippen molar-refractivity contribution in [3.8, 4) is 5.75 Å². The van der Waals surface area contributed by atoms with Gasteiger partial charge >= 0.3 is 6.09 Å². The summed E-state index contributed by atoms with van der Waals surface area (Å²) >= 11 is 3.39. The predicted molar refractivity (Wildman–Crippen MR) is 94.8 cm³/mol. The molecule has 0 spiro atoms. The van der Waals surface area contributed by atoms with Crippen molar-refractivity contribution in [1.82, 2.24) is 0 Å². The van der Waals surface area contributed by atoms with Crippen LogP contribution in [0.5, 0.6) is 5.75 Å². The third-order valence-electron chi connectivity index (χ3n) is 2.82. The van der Waals surface area contributed by atoms with Crippen LogP contribution in [-0.2, 0) is 11.3 Å². The summed E-state index contributed by atoms with van der Waals surface area (Å²) in [5, 5.41) is 2.70. The summed E-state index contributed by atoms with van der Waals surface area (Å²) in [4.78, 5) is 11.7. The molecule has 0 bridgehead atoms. The Hall–Kier alpha value is -2.01. The zero-order chi connectivity index (χ0) is 16.9. The van der Waals surface area contributed by atoms with Crippen molar-refractivity contribution < 1.29 is 14.3 Å². The van der Waals surface area contributed by atoms with Crippen LogP contribution in [0.1, 0.15) is 26.3 Å². The zero-order valence-corrected chi connectivity index (χ0v) is 15.0. The summed E-state index contributed by atoms with van der Waals surface area (Å²) < 4.78 is 11.9. The maximum Gasteiger partial charge on any atom is 0.412 e. The molecular weight excluding hydrogens is 358 g/mol. The molecule has 2 aromatic rings. The smallest absolute Gasteiger partial charge is 0.412 e. The Morgan fingerprint density at radius 2 is 1.65 bits per heavy atom. The van der Waals surface area contributed by atoms with E-state index in [1.807, 2.05) is 69.3 Å². The van der Waals surface area contributed by atoms with Gasteiger partial charge in [0.15, 0.2) is 0 Å². The molecule has 23 heavy (non-hydrogen) atoms. The molecule has 0 aromatic heterocycles. The fourth-order valence-electron chi connectivity index (χ4n) is 1.80.